The van der Waals surface area contributed by atoms with Gasteiger partial charge in [0.15, 0.2) is 5.69 Å². The van der Waals surface area contributed by atoms with Crippen LogP contribution in [-0.2, 0) is 20.1 Å². The lowest BCUT2D eigenvalue weighted by Crippen LogP contribution is -2.23. The summed E-state index contributed by atoms with van der Waals surface area (Å²) in [4.78, 5) is 12.4. The van der Waals surface area contributed by atoms with E-state index in [1.165, 1.54) is 12.8 Å². The summed E-state index contributed by atoms with van der Waals surface area (Å²) in [5.74, 6) is 0.553. The highest BCUT2D eigenvalue weighted by atomic mass is 16.1. The first-order valence-corrected chi connectivity index (χ1v) is 7.79. The molecule has 1 fully saturated rings. The molecule has 0 radical (unpaired) electrons. The number of para-hydroxylation sites is 1. The van der Waals surface area contributed by atoms with Crippen molar-refractivity contribution in [3.63, 3.8) is 0 Å². The van der Waals surface area contributed by atoms with E-state index < -0.39 is 0 Å². The van der Waals surface area contributed by atoms with E-state index in [2.05, 4.69) is 20.7 Å². The average molecular weight is 310 g/mol. The van der Waals surface area contributed by atoms with Crippen LogP contribution in [0.4, 0.5) is 0 Å². The molecule has 2 heterocycles. The zero-order chi connectivity index (χ0) is 15.8. The second kappa shape index (κ2) is 5.49. The number of aryl methyl sites for hydroxylation is 1. The van der Waals surface area contributed by atoms with Gasteiger partial charge in [0.1, 0.15) is 5.69 Å². The van der Waals surface area contributed by atoms with Gasteiger partial charge >= 0.3 is 0 Å². The minimum absolute atomic E-state index is 0.196. The molecule has 2 aromatic heterocycles. The van der Waals surface area contributed by atoms with Gasteiger partial charge in [-0.05, 0) is 24.8 Å². The number of fused-ring (bicyclic) bond motifs is 1. The summed E-state index contributed by atoms with van der Waals surface area (Å²) in [5.41, 5.74) is 2.14. The molecule has 118 valence electrons. The van der Waals surface area contributed by atoms with Crippen molar-refractivity contribution in [1.82, 2.24) is 30.1 Å². The van der Waals surface area contributed by atoms with Crippen LogP contribution in [0.3, 0.4) is 0 Å². The van der Waals surface area contributed by atoms with Crippen LogP contribution in [0.15, 0.2) is 30.5 Å². The van der Waals surface area contributed by atoms with E-state index >= 15 is 0 Å². The molecule has 3 aromatic rings. The number of nitrogens with zero attached hydrogens (tertiary/aromatic N) is 5. The fourth-order valence-electron chi connectivity index (χ4n) is 2.71. The van der Waals surface area contributed by atoms with Gasteiger partial charge in [0.2, 0.25) is 0 Å². The molecule has 0 spiro atoms. The van der Waals surface area contributed by atoms with Crippen LogP contribution in [0.1, 0.15) is 29.0 Å². The maximum atomic E-state index is 12.4. The Morgan fingerprint density at radius 1 is 1.35 bits per heavy atom. The molecule has 1 N–H and O–H groups in total. The number of hydrogen-bond acceptors (Lipinski definition) is 4. The molecule has 7 heteroatoms. The second-order valence-electron chi connectivity index (χ2n) is 6.05. The number of amides is 1. The fraction of sp³-hybridized carbons (Fsp3) is 0.375. The zero-order valence-electron chi connectivity index (χ0n) is 12.9. The number of carbonyl (C=O) groups excluding carboxylic acids is 1. The maximum absolute atomic E-state index is 12.4. The Labute approximate surface area is 133 Å². The third-order valence-electron chi connectivity index (χ3n) is 4.13. The molecule has 0 unspecified atom stereocenters. The van der Waals surface area contributed by atoms with Gasteiger partial charge in [0.05, 0.1) is 18.3 Å². The van der Waals surface area contributed by atoms with Crippen LogP contribution in [0, 0.1) is 5.92 Å². The van der Waals surface area contributed by atoms with Crippen molar-refractivity contribution in [3.8, 4) is 0 Å². The minimum atomic E-state index is -0.196. The normalized spacial score (nSPS) is 14.3. The molecule has 23 heavy (non-hydrogen) atoms. The van der Waals surface area contributed by atoms with E-state index in [9.17, 15) is 4.79 Å². The molecule has 1 amide bonds. The Hall–Kier alpha value is -2.70. The van der Waals surface area contributed by atoms with Crippen molar-refractivity contribution in [3.05, 3.63) is 41.9 Å². The standard InChI is InChI=1S/C16H18N6O/c1-21-14-5-3-2-4-13(14)15(19-21)16(23)17-8-12-10-22(20-18-12)9-11-6-7-11/h2-5,10-11H,6-9H2,1H3,(H,17,23). The van der Waals surface area contributed by atoms with E-state index in [0.717, 1.165) is 29.1 Å². The van der Waals surface area contributed by atoms with Crippen molar-refractivity contribution < 1.29 is 4.79 Å². The lowest BCUT2D eigenvalue weighted by molar-refractivity contribution is 0.0946. The summed E-state index contributed by atoms with van der Waals surface area (Å²) in [6, 6.07) is 7.69. The van der Waals surface area contributed by atoms with E-state index in [0.29, 0.717) is 12.2 Å². The Morgan fingerprint density at radius 3 is 3.00 bits per heavy atom. The summed E-state index contributed by atoms with van der Waals surface area (Å²) >= 11 is 0. The van der Waals surface area contributed by atoms with Gasteiger partial charge in [-0.25, -0.2) is 0 Å². The predicted molar refractivity (Wildman–Crippen MR) is 84.6 cm³/mol. The summed E-state index contributed by atoms with van der Waals surface area (Å²) < 4.78 is 3.57. The second-order valence-corrected chi connectivity index (χ2v) is 6.05. The van der Waals surface area contributed by atoms with Crippen LogP contribution >= 0.6 is 0 Å². The molecular formula is C16H18N6O. The fourth-order valence-corrected chi connectivity index (χ4v) is 2.71. The highest BCUT2D eigenvalue weighted by molar-refractivity contribution is 6.04. The van der Waals surface area contributed by atoms with Crippen LogP contribution in [0.25, 0.3) is 10.9 Å². The smallest absolute Gasteiger partial charge is 0.272 e. The molecule has 0 atom stereocenters. The van der Waals surface area contributed by atoms with E-state index in [-0.39, 0.29) is 5.91 Å². The Morgan fingerprint density at radius 2 is 2.17 bits per heavy atom. The summed E-state index contributed by atoms with van der Waals surface area (Å²) in [6.07, 6.45) is 4.45. The number of hydrogen-bond donors (Lipinski definition) is 1. The van der Waals surface area contributed by atoms with Gasteiger partial charge in [-0.2, -0.15) is 5.10 Å². The summed E-state index contributed by atoms with van der Waals surface area (Å²) in [7, 11) is 1.84. The monoisotopic (exact) mass is 310 g/mol. The Kier molecular flexibility index (Phi) is 3.33. The molecule has 0 aliphatic heterocycles. The number of aromatic nitrogens is 5. The quantitative estimate of drug-likeness (QED) is 0.775. The molecule has 0 saturated heterocycles. The van der Waals surface area contributed by atoms with Gasteiger partial charge in [-0.3, -0.25) is 14.2 Å². The molecule has 1 aliphatic rings. The van der Waals surface area contributed by atoms with Crippen LogP contribution in [0.2, 0.25) is 0 Å². The molecule has 1 aromatic carbocycles. The summed E-state index contributed by atoms with van der Waals surface area (Å²) in [6.45, 7) is 1.28. The molecule has 4 rings (SSSR count). The SMILES string of the molecule is Cn1nc(C(=O)NCc2cn(CC3CC3)nn2)c2ccccc21. The topological polar surface area (TPSA) is 77.6 Å². The average Bonchev–Trinajstić information content (AvgIpc) is 3.15. The van der Waals surface area contributed by atoms with Gasteiger partial charge < -0.3 is 5.32 Å². The van der Waals surface area contributed by atoms with Crippen molar-refractivity contribution in [1.29, 1.82) is 0 Å². The van der Waals surface area contributed by atoms with Crippen LogP contribution < -0.4 is 5.32 Å². The predicted octanol–water partition coefficient (Wildman–Crippen LogP) is 1.50. The largest absolute Gasteiger partial charge is 0.345 e. The highest BCUT2D eigenvalue weighted by Gasteiger charge is 2.22. The van der Waals surface area contributed by atoms with Crippen LogP contribution in [0.5, 0.6) is 0 Å². The van der Waals surface area contributed by atoms with E-state index in [1.807, 2.05) is 42.2 Å². The molecule has 7 nitrogen and oxygen atoms in total. The number of nitrogens with one attached hydrogen (secondary N) is 1. The van der Waals surface area contributed by atoms with Crippen molar-refractivity contribution >= 4 is 16.8 Å². The van der Waals surface area contributed by atoms with Gasteiger partial charge in [0, 0.05) is 19.0 Å². The third kappa shape index (κ3) is 2.81. The third-order valence-corrected chi connectivity index (χ3v) is 4.13. The number of benzene rings is 1. The highest BCUT2D eigenvalue weighted by Crippen LogP contribution is 2.30. The Balaban J connectivity index is 1.45. The minimum Gasteiger partial charge on any atom is -0.345 e. The van der Waals surface area contributed by atoms with Crippen molar-refractivity contribution in [2.24, 2.45) is 13.0 Å². The van der Waals surface area contributed by atoms with E-state index in [1.54, 1.807) is 4.68 Å². The first kappa shape index (κ1) is 13.9. The van der Waals surface area contributed by atoms with Gasteiger partial charge in [-0.15, -0.1) is 5.10 Å². The van der Waals surface area contributed by atoms with Gasteiger partial charge in [0.25, 0.3) is 5.91 Å². The number of carbonyl (C=O) groups is 1. The summed E-state index contributed by atoms with van der Waals surface area (Å²) in [5, 5.41) is 16.2. The molecule has 0 bridgehead atoms. The van der Waals surface area contributed by atoms with Gasteiger partial charge in [-0.1, -0.05) is 23.4 Å². The van der Waals surface area contributed by atoms with Crippen molar-refractivity contribution in [2.45, 2.75) is 25.9 Å². The van der Waals surface area contributed by atoms with E-state index in [4.69, 9.17) is 0 Å². The molecule has 1 aliphatic carbocycles. The zero-order valence-corrected chi connectivity index (χ0v) is 12.9. The lowest BCUT2D eigenvalue weighted by atomic mass is 10.2. The number of rotatable bonds is 5. The lowest BCUT2D eigenvalue weighted by Gasteiger charge is -2.00. The molecule has 1 saturated carbocycles. The first-order valence-electron chi connectivity index (χ1n) is 7.79. The molecular weight excluding hydrogens is 292 g/mol. The van der Waals surface area contributed by atoms with Crippen molar-refractivity contribution in [2.75, 3.05) is 0 Å². The first-order chi connectivity index (χ1) is 11.2. The Bertz CT molecular complexity index is 860. The maximum Gasteiger partial charge on any atom is 0.272 e. The van der Waals surface area contributed by atoms with Crippen LogP contribution in [-0.4, -0.2) is 30.7 Å².